The molecule has 0 amide bonds. The summed E-state index contributed by atoms with van der Waals surface area (Å²) < 4.78 is 7.67. The van der Waals surface area contributed by atoms with Gasteiger partial charge in [0.1, 0.15) is 5.75 Å². The molecule has 0 aliphatic heterocycles. The Labute approximate surface area is 103 Å². The Morgan fingerprint density at radius 1 is 1.50 bits per heavy atom. The minimum atomic E-state index is 0.806. The highest BCUT2D eigenvalue weighted by molar-refractivity contribution is 9.10. The number of ether oxygens (including phenoxy) is 1. The molecule has 0 bridgehead atoms. The predicted octanol–water partition coefficient (Wildman–Crippen LogP) is 4.57. The van der Waals surface area contributed by atoms with E-state index in [-0.39, 0.29) is 0 Å². The molecule has 1 heterocycles. The van der Waals surface area contributed by atoms with Crippen molar-refractivity contribution in [2.24, 2.45) is 0 Å². The molecular weight excluding hydrogens is 328 g/mol. The third kappa shape index (κ3) is 1.59. The van der Waals surface area contributed by atoms with E-state index in [1.54, 1.807) is 18.4 Å². The highest BCUT2D eigenvalue weighted by Gasteiger charge is 2.11. The molecule has 1 aromatic carbocycles. The molecule has 74 valence electrons. The number of fused-ring (bicyclic) bond motifs is 1. The SMILES string of the molecule is COc1c(CBr)cc2ccsc2c1Br. The lowest BCUT2D eigenvalue weighted by Crippen LogP contribution is -1.90. The van der Waals surface area contributed by atoms with Crippen molar-refractivity contribution in [2.75, 3.05) is 7.11 Å². The smallest absolute Gasteiger partial charge is 0.138 e. The van der Waals surface area contributed by atoms with Crippen LogP contribution < -0.4 is 4.74 Å². The van der Waals surface area contributed by atoms with Gasteiger partial charge in [0, 0.05) is 10.9 Å². The summed E-state index contributed by atoms with van der Waals surface area (Å²) in [7, 11) is 1.70. The van der Waals surface area contributed by atoms with Crippen LogP contribution in [0.15, 0.2) is 22.0 Å². The molecule has 2 aromatic rings. The lowest BCUT2D eigenvalue weighted by atomic mass is 10.2. The molecule has 1 aromatic heterocycles. The van der Waals surface area contributed by atoms with Gasteiger partial charge in [0.25, 0.3) is 0 Å². The number of rotatable bonds is 2. The fraction of sp³-hybridized carbons (Fsp3) is 0.200. The Morgan fingerprint density at radius 2 is 2.29 bits per heavy atom. The summed E-state index contributed by atoms with van der Waals surface area (Å²) in [6.07, 6.45) is 0. The van der Waals surface area contributed by atoms with Gasteiger partial charge in [-0.1, -0.05) is 15.9 Å². The number of methoxy groups -OCH3 is 1. The Hall–Kier alpha value is -0.0600. The third-order valence-corrected chi connectivity index (χ3v) is 4.63. The largest absolute Gasteiger partial charge is 0.495 e. The average molecular weight is 336 g/mol. The molecule has 0 unspecified atom stereocenters. The van der Waals surface area contributed by atoms with Crippen LogP contribution >= 0.6 is 43.2 Å². The quantitative estimate of drug-likeness (QED) is 0.730. The van der Waals surface area contributed by atoms with Gasteiger partial charge in [-0.25, -0.2) is 0 Å². The first-order valence-electron chi connectivity index (χ1n) is 4.06. The zero-order valence-electron chi connectivity index (χ0n) is 7.51. The van der Waals surface area contributed by atoms with Crippen molar-refractivity contribution < 1.29 is 4.74 Å². The van der Waals surface area contributed by atoms with Crippen LogP contribution in [0.3, 0.4) is 0 Å². The van der Waals surface area contributed by atoms with Crippen LogP contribution in [0.4, 0.5) is 0 Å². The van der Waals surface area contributed by atoms with Crippen molar-refractivity contribution in [3.8, 4) is 5.75 Å². The van der Waals surface area contributed by atoms with Gasteiger partial charge in [-0.3, -0.25) is 0 Å². The minimum Gasteiger partial charge on any atom is -0.495 e. The van der Waals surface area contributed by atoms with E-state index in [4.69, 9.17) is 4.74 Å². The van der Waals surface area contributed by atoms with Crippen LogP contribution in [0.25, 0.3) is 10.1 Å². The second-order valence-corrected chi connectivity index (χ2v) is 5.13. The number of alkyl halides is 1. The second kappa shape index (κ2) is 4.21. The van der Waals surface area contributed by atoms with Crippen molar-refractivity contribution in [2.45, 2.75) is 5.33 Å². The first-order chi connectivity index (χ1) is 6.77. The van der Waals surface area contributed by atoms with E-state index >= 15 is 0 Å². The van der Waals surface area contributed by atoms with Crippen LogP contribution in [0.2, 0.25) is 0 Å². The van der Waals surface area contributed by atoms with Crippen molar-refractivity contribution in [3.63, 3.8) is 0 Å². The van der Waals surface area contributed by atoms with E-state index in [0.717, 1.165) is 15.6 Å². The minimum absolute atomic E-state index is 0.806. The van der Waals surface area contributed by atoms with Gasteiger partial charge in [0.15, 0.2) is 0 Å². The molecule has 0 N–H and O–H groups in total. The fourth-order valence-corrected chi connectivity index (χ4v) is 3.58. The van der Waals surface area contributed by atoms with E-state index in [1.165, 1.54) is 15.6 Å². The van der Waals surface area contributed by atoms with Crippen LogP contribution in [-0.2, 0) is 5.33 Å². The van der Waals surface area contributed by atoms with Crippen LogP contribution in [0, 0.1) is 0 Å². The average Bonchev–Trinajstić information content (AvgIpc) is 2.65. The predicted molar refractivity (Wildman–Crippen MR) is 68.7 cm³/mol. The molecule has 0 fully saturated rings. The van der Waals surface area contributed by atoms with E-state index in [0.29, 0.717) is 0 Å². The van der Waals surface area contributed by atoms with E-state index in [1.807, 2.05) is 0 Å². The second-order valence-electron chi connectivity index (χ2n) is 2.86. The summed E-state index contributed by atoms with van der Waals surface area (Å²) >= 11 is 8.76. The van der Waals surface area contributed by atoms with Gasteiger partial charge in [-0.2, -0.15) is 0 Å². The van der Waals surface area contributed by atoms with Gasteiger partial charge in [0.05, 0.1) is 16.3 Å². The van der Waals surface area contributed by atoms with Crippen LogP contribution in [-0.4, -0.2) is 7.11 Å². The lowest BCUT2D eigenvalue weighted by Gasteiger charge is -2.09. The van der Waals surface area contributed by atoms with E-state index in [2.05, 4.69) is 49.4 Å². The topological polar surface area (TPSA) is 9.23 Å². The highest BCUT2D eigenvalue weighted by atomic mass is 79.9. The first kappa shape index (κ1) is 10.5. The number of thiophene rings is 1. The first-order valence-corrected chi connectivity index (χ1v) is 6.86. The maximum Gasteiger partial charge on any atom is 0.138 e. The third-order valence-electron chi connectivity index (χ3n) is 2.06. The van der Waals surface area contributed by atoms with Crippen molar-refractivity contribution in [3.05, 3.63) is 27.5 Å². The van der Waals surface area contributed by atoms with Crippen LogP contribution in [0.1, 0.15) is 5.56 Å². The van der Waals surface area contributed by atoms with Gasteiger partial charge in [0.2, 0.25) is 0 Å². The Kier molecular flexibility index (Phi) is 3.14. The lowest BCUT2D eigenvalue weighted by molar-refractivity contribution is 0.409. The van der Waals surface area contributed by atoms with Gasteiger partial charge in [-0.15, -0.1) is 11.3 Å². The molecule has 0 aliphatic rings. The molecule has 2 rings (SSSR count). The van der Waals surface area contributed by atoms with Gasteiger partial charge < -0.3 is 4.74 Å². The normalized spacial score (nSPS) is 10.8. The molecule has 14 heavy (non-hydrogen) atoms. The Balaban J connectivity index is 2.79. The maximum atomic E-state index is 5.37. The van der Waals surface area contributed by atoms with Crippen molar-refractivity contribution in [1.82, 2.24) is 0 Å². The molecule has 1 nitrogen and oxygen atoms in total. The number of hydrogen-bond donors (Lipinski definition) is 0. The monoisotopic (exact) mass is 334 g/mol. The number of hydrogen-bond acceptors (Lipinski definition) is 2. The van der Waals surface area contributed by atoms with Crippen LogP contribution in [0.5, 0.6) is 5.75 Å². The molecule has 0 aliphatic carbocycles. The zero-order chi connectivity index (χ0) is 10.1. The van der Waals surface area contributed by atoms with E-state index in [9.17, 15) is 0 Å². The van der Waals surface area contributed by atoms with Gasteiger partial charge in [-0.05, 0) is 38.8 Å². The fourth-order valence-electron chi connectivity index (χ4n) is 1.43. The molecule has 0 atom stereocenters. The van der Waals surface area contributed by atoms with Crippen molar-refractivity contribution >= 4 is 53.3 Å². The number of halogens is 2. The zero-order valence-corrected chi connectivity index (χ0v) is 11.5. The molecular formula is C10H8Br2OS. The summed E-state index contributed by atoms with van der Waals surface area (Å²) in [5, 5.41) is 4.16. The Bertz CT molecular complexity index is 464. The molecule has 0 spiro atoms. The molecule has 0 saturated carbocycles. The Morgan fingerprint density at radius 3 is 2.93 bits per heavy atom. The van der Waals surface area contributed by atoms with Crippen molar-refractivity contribution in [1.29, 1.82) is 0 Å². The summed E-state index contributed by atoms with van der Waals surface area (Å²) in [4.78, 5) is 0. The molecule has 0 saturated heterocycles. The molecule has 4 heteroatoms. The standard InChI is InChI=1S/C10H8Br2OS/c1-13-9-7(5-11)4-6-2-3-14-10(6)8(9)12/h2-4H,5H2,1H3. The number of benzene rings is 1. The van der Waals surface area contributed by atoms with E-state index < -0.39 is 0 Å². The maximum absolute atomic E-state index is 5.37. The highest BCUT2D eigenvalue weighted by Crippen LogP contribution is 2.39. The molecule has 0 radical (unpaired) electrons. The summed E-state index contributed by atoms with van der Waals surface area (Å²) in [6.45, 7) is 0. The summed E-state index contributed by atoms with van der Waals surface area (Å²) in [5.41, 5.74) is 1.17. The summed E-state index contributed by atoms with van der Waals surface area (Å²) in [5.74, 6) is 0.928. The van der Waals surface area contributed by atoms with Gasteiger partial charge >= 0.3 is 0 Å². The summed E-state index contributed by atoms with van der Waals surface area (Å²) in [6, 6.07) is 4.28.